The number of nitrogens with zero attached hydrogens (tertiary/aromatic N) is 1. The van der Waals surface area contributed by atoms with Gasteiger partial charge >= 0.3 is 6.09 Å². The van der Waals surface area contributed by atoms with E-state index in [-0.39, 0.29) is 12.5 Å². The van der Waals surface area contributed by atoms with E-state index in [1.807, 2.05) is 54.6 Å². The molecule has 1 N–H and O–H groups in total. The minimum atomic E-state index is -0.581. The molecule has 118 valence electrons. The van der Waals surface area contributed by atoms with Crippen LogP contribution in [0.15, 0.2) is 59.1 Å². The topological polar surface area (TPSA) is 58.6 Å². The predicted octanol–water partition coefficient (Wildman–Crippen LogP) is 3.09. The number of carbonyl (C=O) groups is 2. The minimum absolute atomic E-state index is 0.135. The number of nitrogens with one attached hydrogen (secondary N) is 1. The Morgan fingerprint density at radius 3 is 2.52 bits per heavy atom. The van der Waals surface area contributed by atoms with Crippen LogP contribution < -0.4 is 10.2 Å². The molecule has 1 saturated heterocycles. The highest BCUT2D eigenvalue weighted by atomic mass is 79.9. The molecule has 0 spiro atoms. The molecule has 1 heterocycles. The van der Waals surface area contributed by atoms with Crippen molar-refractivity contribution in [1.82, 2.24) is 5.32 Å². The first-order valence-electron chi connectivity index (χ1n) is 7.17. The maximum atomic E-state index is 12.1. The molecule has 2 aromatic carbocycles. The van der Waals surface area contributed by atoms with E-state index < -0.39 is 12.1 Å². The fraction of sp³-hybridized carbons (Fsp3) is 0.176. The summed E-state index contributed by atoms with van der Waals surface area (Å²) in [4.78, 5) is 25.5. The maximum Gasteiger partial charge on any atom is 0.408 e. The lowest BCUT2D eigenvalue weighted by Crippen LogP contribution is -2.64. The van der Waals surface area contributed by atoms with Gasteiger partial charge in [0.1, 0.15) is 12.6 Å². The van der Waals surface area contributed by atoms with Crippen LogP contribution in [0.25, 0.3) is 0 Å². The molecule has 0 aromatic heterocycles. The van der Waals surface area contributed by atoms with E-state index >= 15 is 0 Å². The zero-order valence-electron chi connectivity index (χ0n) is 12.2. The number of hydrogen-bond donors (Lipinski definition) is 1. The predicted molar refractivity (Wildman–Crippen MR) is 90.0 cm³/mol. The molecule has 23 heavy (non-hydrogen) atoms. The van der Waals surface area contributed by atoms with E-state index in [0.717, 1.165) is 15.7 Å². The fourth-order valence-corrected chi connectivity index (χ4v) is 2.56. The molecule has 0 bridgehead atoms. The summed E-state index contributed by atoms with van der Waals surface area (Å²) >= 11 is 3.35. The lowest BCUT2D eigenvalue weighted by Gasteiger charge is -2.38. The van der Waals surface area contributed by atoms with Crippen molar-refractivity contribution in [3.63, 3.8) is 0 Å². The summed E-state index contributed by atoms with van der Waals surface area (Å²) in [6.45, 7) is 0.630. The Bertz CT molecular complexity index is 704. The Balaban J connectivity index is 1.47. The van der Waals surface area contributed by atoms with Gasteiger partial charge in [-0.15, -0.1) is 0 Å². The zero-order chi connectivity index (χ0) is 16.2. The van der Waals surface area contributed by atoms with Crippen molar-refractivity contribution in [2.75, 3.05) is 11.4 Å². The quantitative estimate of drug-likeness (QED) is 0.836. The standard InChI is InChI=1S/C17H15BrN2O3/c18-13-6-8-14(9-7-13)20-10-15(16(20)21)19-17(22)23-11-12-4-2-1-3-5-12/h1-9,15H,10-11H2,(H,19,22). The highest BCUT2D eigenvalue weighted by Crippen LogP contribution is 2.24. The van der Waals surface area contributed by atoms with Crippen LogP contribution in [0.4, 0.5) is 10.5 Å². The van der Waals surface area contributed by atoms with Crippen LogP contribution in [0, 0.1) is 0 Å². The van der Waals surface area contributed by atoms with Crippen molar-refractivity contribution in [3.05, 3.63) is 64.6 Å². The maximum absolute atomic E-state index is 12.1. The number of carbonyl (C=O) groups excluding carboxylic acids is 2. The second kappa shape index (κ2) is 6.83. The number of β-lactam (4-membered cyclic amide) rings is 1. The molecule has 3 rings (SSSR count). The summed E-state index contributed by atoms with van der Waals surface area (Å²) in [6, 6.07) is 16.3. The number of ether oxygens (including phenoxy) is 1. The fourth-order valence-electron chi connectivity index (χ4n) is 2.29. The molecule has 1 aliphatic heterocycles. The normalized spacial score (nSPS) is 16.7. The van der Waals surface area contributed by atoms with Gasteiger partial charge in [0, 0.05) is 10.2 Å². The summed E-state index contributed by atoms with van der Waals surface area (Å²) in [5, 5.41) is 2.59. The lowest BCUT2D eigenvalue weighted by atomic mass is 10.1. The molecule has 0 aliphatic carbocycles. The van der Waals surface area contributed by atoms with Gasteiger partial charge in [0.05, 0.1) is 6.54 Å². The van der Waals surface area contributed by atoms with Crippen molar-refractivity contribution in [2.45, 2.75) is 12.6 Å². The van der Waals surface area contributed by atoms with Crippen LogP contribution in [0.2, 0.25) is 0 Å². The Kier molecular flexibility index (Phi) is 4.62. The van der Waals surface area contributed by atoms with Gasteiger partial charge in [0.15, 0.2) is 0 Å². The van der Waals surface area contributed by atoms with E-state index in [9.17, 15) is 9.59 Å². The molecule has 5 nitrogen and oxygen atoms in total. The Labute approximate surface area is 142 Å². The number of rotatable bonds is 4. The highest BCUT2D eigenvalue weighted by Gasteiger charge is 2.38. The van der Waals surface area contributed by atoms with Crippen LogP contribution in [0.3, 0.4) is 0 Å². The summed E-state index contributed by atoms with van der Waals surface area (Å²) in [5.41, 5.74) is 1.72. The lowest BCUT2D eigenvalue weighted by molar-refractivity contribution is -0.124. The number of anilines is 1. The van der Waals surface area contributed by atoms with Gasteiger partial charge in [-0.1, -0.05) is 46.3 Å². The molecule has 1 aliphatic rings. The number of hydrogen-bond acceptors (Lipinski definition) is 3. The van der Waals surface area contributed by atoms with Gasteiger partial charge in [0.2, 0.25) is 0 Å². The van der Waals surface area contributed by atoms with Crippen molar-refractivity contribution >= 4 is 33.6 Å². The van der Waals surface area contributed by atoms with Gasteiger partial charge in [-0.3, -0.25) is 4.79 Å². The van der Waals surface area contributed by atoms with Crippen LogP contribution in [0.1, 0.15) is 5.56 Å². The number of alkyl carbamates (subject to hydrolysis) is 1. The van der Waals surface area contributed by atoms with Crippen molar-refractivity contribution in [2.24, 2.45) is 0 Å². The van der Waals surface area contributed by atoms with E-state index in [1.165, 1.54) is 0 Å². The third-order valence-corrected chi connectivity index (χ3v) is 4.10. The Morgan fingerprint density at radius 2 is 1.87 bits per heavy atom. The molecule has 2 amide bonds. The summed E-state index contributed by atoms with van der Waals surface area (Å²) < 4.78 is 6.06. The molecular weight excluding hydrogens is 360 g/mol. The van der Waals surface area contributed by atoms with Crippen LogP contribution in [0.5, 0.6) is 0 Å². The first kappa shape index (κ1) is 15.6. The second-order valence-electron chi connectivity index (χ2n) is 5.18. The van der Waals surface area contributed by atoms with Crippen molar-refractivity contribution in [3.8, 4) is 0 Å². The largest absolute Gasteiger partial charge is 0.445 e. The molecule has 0 saturated carbocycles. The van der Waals surface area contributed by atoms with Crippen LogP contribution in [-0.2, 0) is 16.1 Å². The number of halogens is 1. The van der Waals surface area contributed by atoms with E-state index in [1.54, 1.807) is 4.90 Å². The van der Waals surface area contributed by atoms with E-state index in [2.05, 4.69) is 21.2 Å². The van der Waals surface area contributed by atoms with Crippen molar-refractivity contribution in [1.29, 1.82) is 0 Å². The number of benzene rings is 2. The third kappa shape index (κ3) is 3.71. The average molecular weight is 375 g/mol. The summed E-state index contributed by atoms with van der Waals surface area (Å²) in [7, 11) is 0. The average Bonchev–Trinajstić information content (AvgIpc) is 2.58. The molecule has 1 fully saturated rings. The Hall–Kier alpha value is -2.34. The van der Waals surface area contributed by atoms with Gasteiger partial charge in [-0.25, -0.2) is 4.79 Å². The van der Waals surface area contributed by atoms with E-state index in [0.29, 0.717) is 6.54 Å². The molecular formula is C17H15BrN2O3. The SMILES string of the molecule is O=C(NC1CN(c2ccc(Br)cc2)C1=O)OCc1ccccc1. The van der Waals surface area contributed by atoms with Crippen molar-refractivity contribution < 1.29 is 14.3 Å². The smallest absolute Gasteiger partial charge is 0.408 e. The molecule has 0 radical (unpaired) electrons. The number of amides is 2. The van der Waals surface area contributed by atoms with Gasteiger partial charge in [0.25, 0.3) is 5.91 Å². The van der Waals surface area contributed by atoms with Crippen LogP contribution >= 0.6 is 15.9 Å². The molecule has 2 aromatic rings. The first-order chi connectivity index (χ1) is 11.1. The van der Waals surface area contributed by atoms with Gasteiger partial charge < -0.3 is 15.0 Å². The minimum Gasteiger partial charge on any atom is -0.445 e. The summed E-state index contributed by atoms with van der Waals surface area (Å²) in [6.07, 6.45) is -0.581. The van der Waals surface area contributed by atoms with Gasteiger partial charge in [-0.2, -0.15) is 0 Å². The first-order valence-corrected chi connectivity index (χ1v) is 7.97. The molecule has 1 unspecified atom stereocenters. The van der Waals surface area contributed by atoms with E-state index in [4.69, 9.17) is 4.74 Å². The zero-order valence-corrected chi connectivity index (χ0v) is 13.8. The monoisotopic (exact) mass is 374 g/mol. The second-order valence-corrected chi connectivity index (χ2v) is 6.10. The third-order valence-electron chi connectivity index (χ3n) is 3.57. The van der Waals surface area contributed by atoms with Crippen LogP contribution in [-0.4, -0.2) is 24.6 Å². The summed E-state index contributed by atoms with van der Waals surface area (Å²) in [5.74, 6) is -0.135. The highest BCUT2D eigenvalue weighted by molar-refractivity contribution is 9.10. The van der Waals surface area contributed by atoms with Gasteiger partial charge in [-0.05, 0) is 29.8 Å². The Morgan fingerprint density at radius 1 is 1.17 bits per heavy atom. The molecule has 1 atom stereocenters. The molecule has 6 heteroatoms.